The molecular weight excluding hydrogens is 172 g/mol. The zero-order chi connectivity index (χ0) is 8.97. The van der Waals surface area contributed by atoms with Crippen molar-refractivity contribution < 1.29 is 4.84 Å². The fourth-order valence-corrected chi connectivity index (χ4v) is 1.93. The fraction of sp³-hybridized carbons (Fsp3) is 0.500. The van der Waals surface area contributed by atoms with Gasteiger partial charge in [0, 0.05) is 18.5 Å². The molecule has 1 heterocycles. The number of hydrogen-bond acceptors (Lipinski definition) is 4. The highest BCUT2D eigenvalue weighted by atomic mass is 32.1. The van der Waals surface area contributed by atoms with Crippen LogP contribution < -0.4 is 5.73 Å². The summed E-state index contributed by atoms with van der Waals surface area (Å²) in [7, 11) is 3.54. The van der Waals surface area contributed by atoms with Crippen LogP contribution in [0.5, 0.6) is 0 Å². The summed E-state index contributed by atoms with van der Waals surface area (Å²) in [5, 5.41) is 3.81. The number of nitrogens with two attached hydrogens (primary N) is 1. The Morgan fingerprint density at radius 1 is 1.75 bits per heavy atom. The minimum absolute atomic E-state index is 0.176. The molecular formula is C8H14N2OS. The van der Waals surface area contributed by atoms with Gasteiger partial charge >= 0.3 is 0 Å². The second-order valence-corrected chi connectivity index (χ2v) is 3.47. The number of thiophene rings is 1. The largest absolute Gasteiger partial charge is 0.328 e. The first kappa shape index (κ1) is 9.67. The Labute approximate surface area is 76.7 Å². The summed E-state index contributed by atoms with van der Waals surface area (Å²) in [5.41, 5.74) is 5.63. The second-order valence-electron chi connectivity index (χ2n) is 2.50. The molecule has 0 aliphatic heterocycles. The minimum atomic E-state index is 0.176. The smallest absolute Gasteiger partial charge is 0.0813 e. The summed E-state index contributed by atoms with van der Waals surface area (Å²) in [6.07, 6.45) is 0. The van der Waals surface area contributed by atoms with E-state index in [-0.39, 0.29) is 6.04 Å². The van der Waals surface area contributed by atoms with Crippen LogP contribution in [0.3, 0.4) is 0 Å². The summed E-state index contributed by atoms with van der Waals surface area (Å²) in [6, 6.07) is 4.26. The third-order valence-corrected chi connectivity index (χ3v) is 2.80. The predicted molar refractivity (Wildman–Crippen MR) is 50.9 cm³/mol. The highest BCUT2D eigenvalue weighted by Gasteiger charge is 2.15. The van der Waals surface area contributed by atoms with Gasteiger partial charge in [-0.1, -0.05) is 6.07 Å². The van der Waals surface area contributed by atoms with E-state index in [0.717, 1.165) is 0 Å². The van der Waals surface area contributed by atoms with Crippen molar-refractivity contribution in [3.63, 3.8) is 0 Å². The standard InChI is InChI=1S/C8H14N2OS/c1-10(11-2)7(6-9)8-4-3-5-12-8/h3-5,7H,6,9H2,1-2H3. The van der Waals surface area contributed by atoms with Crippen molar-refractivity contribution in [2.24, 2.45) is 5.73 Å². The Kier molecular flexibility index (Phi) is 3.68. The molecule has 3 nitrogen and oxygen atoms in total. The van der Waals surface area contributed by atoms with Crippen molar-refractivity contribution in [3.8, 4) is 0 Å². The van der Waals surface area contributed by atoms with E-state index in [4.69, 9.17) is 10.6 Å². The molecule has 0 saturated heterocycles. The third-order valence-electron chi connectivity index (χ3n) is 1.82. The minimum Gasteiger partial charge on any atom is -0.328 e. The molecule has 0 aliphatic rings. The van der Waals surface area contributed by atoms with E-state index in [2.05, 4.69) is 6.07 Å². The Bertz CT molecular complexity index is 213. The summed E-state index contributed by atoms with van der Waals surface area (Å²) in [5.74, 6) is 0. The summed E-state index contributed by atoms with van der Waals surface area (Å²) in [4.78, 5) is 6.32. The molecule has 0 bridgehead atoms. The molecule has 0 aliphatic carbocycles. The number of hydrogen-bond donors (Lipinski definition) is 1. The molecule has 2 N–H and O–H groups in total. The number of likely N-dealkylation sites (N-methyl/N-ethyl adjacent to an activating group) is 1. The first-order valence-corrected chi connectivity index (χ1v) is 4.68. The van der Waals surface area contributed by atoms with Gasteiger partial charge in [-0.15, -0.1) is 11.3 Å². The van der Waals surface area contributed by atoms with E-state index in [0.29, 0.717) is 6.54 Å². The molecule has 0 amide bonds. The molecule has 1 rings (SSSR count). The number of hydroxylamine groups is 2. The fourth-order valence-electron chi connectivity index (χ4n) is 1.05. The maximum atomic E-state index is 5.63. The van der Waals surface area contributed by atoms with Gasteiger partial charge in [-0.25, -0.2) is 0 Å². The number of rotatable bonds is 4. The maximum absolute atomic E-state index is 5.63. The van der Waals surface area contributed by atoms with Gasteiger partial charge in [0.15, 0.2) is 0 Å². The van der Waals surface area contributed by atoms with Crippen molar-refractivity contribution in [2.75, 3.05) is 20.7 Å². The molecule has 0 aromatic carbocycles. The molecule has 0 radical (unpaired) electrons. The summed E-state index contributed by atoms with van der Waals surface area (Å²) in [6.45, 7) is 0.574. The van der Waals surface area contributed by atoms with Gasteiger partial charge in [-0.05, 0) is 11.4 Å². The van der Waals surface area contributed by atoms with Crippen LogP contribution in [0.1, 0.15) is 10.9 Å². The van der Waals surface area contributed by atoms with Gasteiger partial charge in [0.1, 0.15) is 0 Å². The first-order valence-electron chi connectivity index (χ1n) is 3.80. The first-order chi connectivity index (χ1) is 5.79. The average Bonchev–Trinajstić information content (AvgIpc) is 2.58. The van der Waals surface area contributed by atoms with Gasteiger partial charge in [0.25, 0.3) is 0 Å². The molecule has 1 unspecified atom stereocenters. The van der Waals surface area contributed by atoms with Crippen LogP contribution in [0.15, 0.2) is 17.5 Å². The molecule has 12 heavy (non-hydrogen) atoms. The summed E-state index contributed by atoms with van der Waals surface area (Å²) >= 11 is 1.70. The van der Waals surface area contributed by atoms with Crippen LogP contribution in [0, 0.1) is 0 Å². The monoisotopic (exact) mass is 186 g/mol. The van der Waals surface area contributed by atoms with Crippen LogP contribution >= 0.6 is 11.3 Å². The topological polar surface area (TPSA) is 38.5 Å². The molecule has 1 aromatic rings. The lowest BCUT2D eigenvalue weighted by molar-refractivity contribution is -0.139. The second kappa shape index (κ2) is 4.57. The summed E-state index contributed by atoms with van der Waals surface area (Å²) < 4.78 is 0. The lowest BCUT2D eigenvalue weighted by atomic mass is 10.2. The van der Waals surface area contributed by atoms with Gasteiger partial charge in [0.05, 0.1) is 13.2 Å². The van der Waals surface area contributed by atoms with E-state index < -0.39 is 0 Å². The highest BCUT2D eigenvalue weighted by Crippen LogP contribution is 2.22. The lowest BCUT2D eigenvalue weighted by Gasteiger charge is -2.23. The van der Waals surface area contributed by atoms with Crippen LogP contribution in [0.2, 0.25) is 0 Å². The zero-order valence-corrected chi connectivity index (χ0v) is 8.17. The Balaban J connectivity index is 2.69. The number of nitrogens with zero attached hydrogens (tertiary/aromatic N) is 1. The van der Waals surface area contributed by atoms with Crippen molar-refractivity contribution in [1.82, 2.24) is 5.06 Å². The molecule has 68 valence electrons. The quantitative estimate of drug-likeness (QED) is 0.719. The van der Waals surface area contributed by atoms with Gasteiger partial charge in [-0.3, -0.25) is 0 Å². The van der Waals surface area contributed by atoms with Crippen LogP contribution in [0.4, 0.5) is 0 Å². The normalized spacial score (nSPS) is 13.7. The van der Waals surface area contributed by atoms with E-state index in [1.54, 1.807) is 23.5 Å². The van der Waals surface area contributed by atoms with Crippen molar-refractivity contribution in [3.05, 3.63) is 22.4 Å². The molecule has 4 heteroatoms. The van der Waals surface area contributed by atoms with Crippen molar-refractivity contribution >= 4 is 11.3 Å². The molecule has 0 saturated carbocycles. The molecule has 1 atom stereocenters. The molecule has 0 fully saturated rings. The third kappa shape index (κ3) is 2.04. The van der Waals surface area contributed by atoms with Crippen LogP contribution in [0.25, 0.3) is 0 Å². The molecule has 1 aromatic heterocycles. The zero-order valence-electron chi connectivity index (χ0n) is 7.36. The highest BCUT2D eigenvalue weighted by molar-refractivity contribution is 7.10. The van der Waals surface area contributed by atoms with Gasteiger partial charge < -0.3 is 10.6 Å². The van der Waals surface area contributed by atoms with E-state index in [1.165, 1.54) is 4.88 Å². The van der Waals surface area contributed by atoms with E-state index in [1.807, 2.05) is 18.5 Å². The van der Waals surface area contributed by atoms with Crippen molar-refractivity contribution in [1.29, 1.82) is 0 Å². The lowest BCUT2D eigenvalue weighted by Crippen LogP contribution is -2.28. The SMILES string of the molecule is CON(C)C(CN)c1cccs1. The van der Waals surface area contributed by atoms with Crippen LogP contribution in [-0.4, -0.2) is 25.8 Å². The predicted octanol–water partition coefficient (Wildman–Crippen LogP) is 1.24. The Morgan fingerprint density at radius 3 is 2.92 bits per heavy atom. The Morgan fingerprint density at radius 2 is 2.50 bits per heavy atom. The van der Waals surface area contributed by atoms with Gasteiger partial charge in [-0.2, -0.15) is 5.06 Å². The van der Waals surface area contributed by atoms with Crippen LogP contribution in [-0.2, 0) is 4.84 Å². The van der Waals surface area contributed by atoms with E-state index in [9.17, 15) is 0 Å². The van der Waals surface area contributed by atoms with Gasteiger partial charge in [0.2, 0.25) is 0 Å². The van der Waals surface area contributed by atoms with E-state index >= 15 is 0 Å². The molecule has 0 spiro atoms. The van der Waals surface area contributed by atoms with Crippen molar-refractivity contribution in [2.45, 2.75) is 6.04 Å². The average molecular weight is 186 g/mol. The maximum Gasteiger partial charge on any atom is 0.0813 e. The Hall–Kier alpha value is -0.420.